The predicted octanol–water partition coefficient (Wildman–Crippen LogP) is 4.04. The van der Waals surface area contributed by atoms with Gasteiger partial charge in [-0.15, -0.1) is 0 Å². The molecule has 0 aromatic heterocycles. The maximum Gasteiger partial charge on any atom is 0.326 e. The third-order valence-corrected chi connectivity index (χ3v) is 5.54. The van der Waals surface area contributed by atoms with Crippen LogP contribution in [0.4, 0.5) is 0 Å². The zero-order valence-electron chi connectivity index (χ0n) is 14.0. The van der Waals surface area contributed by atoms with Crippen molar-refractivity contribution in [3.63, 3.8) is 0 Å². The first-order valence-electron chi connectivity index (χ1n) is 7.66. The fourth-order valence-corrected chi connectivity index (χ4v) is 4.27. The standard InChI is InChI=1S/C18H19NO3S3/c1-12(10-13-6-4-3-5-7-13)11-15-16(20)19(18(23)25-15)14(17(21)22)8-9-24-2/h3-7,10-11,14H,8-9H2,1-2H3,(H,21,22)/b12-10-,15-11+/t14-/m0/s1. The summed E-state index contributed by atoms with van der Waals surface area (Å²) >= 11 is 7.96. The van der Waals surface area contributed by atoms with E-state index in [0.717, 1.165) is 22.9 Å². The number of hydrogen-bond acceptors (Lipinski definition) is 5. The van der Waals surface area contributed by atoms with Crippen molar-refractivity contribution in [3.05, 3.63) is 52.4 Å². The Balaban J connectivity index is 2.22. The number of carboxylic acids is 1. The van der Waals surface area contributed by atoms with E-state index in [1.807, 2.05) is 49.6 Å². The van der Waals surface area contributed by atoms with Gasteiger partial charge in [-0.25, -0.2) is 4.79 Å². The lowest BCUT2D eigenvalue weighted by atomic mass is 10.1. The second kappa shape index (κ2) is 9.22. The molecule has 1 aromatic carbocycles. The lowest BCUT2D eigenvalue weighted by molar-refractivity contribution is -0.145. The van der Waals surface area contributed by atoms with Crippen molar-refractivity contribution < 1.29 is 14.7 Å². The number of aliphatic carboxylic acids is 1. The van der Waals surface area contributed by atoms with Gasteiger partial charge in [0.25, 0.3) is 5.91 Å². The van der Waals surface area contributed by atoms with E-state index in [2.05, 4.69) is 0 Å². The molecule has 0 unspecified atom stereocenters. The van der Waals surface area contributed by atoms with Gasteiger partial charge in [0, 0.05) is 0 Å². The van der Waals surface area contributed by atoms with Crippen LogP contribution in [0.1, 0.15) is 18.9 Å². The Morgan fingerprint density at radius 2 is 2.08 bits per heavy atom. The normalized spacial score (nSPS) is 18.1. The molecule has 2 rings (SSSR count). The molecule has 0 saturated carbocycles. The van der Waals surface area contributed by atoms with E-state index in [1.54, 1.807) is 17.8 Å². The number of carbonyl (C=O) groups excluding carboxylic acids is 1. The Labute approximate surface area is 161 Å². The van der Waals surface area contributed by atoms with E-state index < -0.39 is 12.0 Å². The topological polar surface area (TPSA) is 57.6 Å². The molecule has 1 saturated heterocycles. The van der Waals surface area contributed by atoms with Crippen molar-refractivity contribution in [2.75, 3.05) is 12.0 Å². The number of rotatable bonds is 7. The van der Waals surface area contributed by atoms with Gasteiger partial charge in [0.15, 0.2) is 0 Å². The molecule has 25 heavy (non-hydrogen) atoms. The van der Waals surface area contributed by atoms with Gasteiger partial charge in [-0.1, -0.05) is 60.4 Å². The van der Waals surface area contributed by atoms with Crippen LogP contribution in [0.15, 0.2) is 46.9 Å². The summed E-state index contributed by atoms with van der Waals surface area (Å²) in [5, 5.41) is 9.46. The highest BCUT2D eigenvalue weighted by molar-refractivity contribution is 8.26. The molecule has 4 nitrogen and oxygen atoms in total. The van der Waals surface area contributed by atoms with Crippen LogP contribution >= 0.6 is 35.7 Å². The lowest BCUT2D eigenvalue weighted by Gasteiger charge is -2.22. The maximum absolute atomic E-state index is 12.7. The molecule has 132 valence electrons. The Bertz CT molecular complexity index is 728. The van der Waals surface area contributed by atoms with Gasteiger partial charge in [0.05, 0.1) is 4.91 Å². The number of allylic oxidation sites excluding steroid dienone is 2. The second-order valence-electron chi connectivity index (χ2n) is 5.49. The van der Waals surface area contributed by atoms with Gasteiger partial charge in [-0.2, -0.15) is 11.8 Å². The third kappa shape index (κ3) is 5.20. The average Bonchev–Trinajstić information content (AvgIpc) is 2.83. The number of thioether (sulfide) groups is 2. The SMILES string of the molecule is CSCC[C@@H](C(=O)O)N1C(=O)/C(=C\C(C)=C/c2ccccc2)SC1=S. The summed E-state index contributed by atoms with van der Waals surface area (Å²) in [6, 6.07) is 8.88. The van der Waals surface area contributed by atoms with Crippen LogP contribution in [0.2, 0.25) is 0 Å². The second-order valence-corrected chi connectivity index (χ2v) is 8.15. The molecule has 1 heterocycles. The van der Waals surface area contributed by atoms with Crippen molar-refractivity contribution >= 4 is 58.0 Å². The molecule has 1 atom stereocenters. The molecule has 1 amide bonds. The zero-order chi connectivity index (χ0) is 18.4. The smallest absolute Gasteiger partial charge is 0.326 e. The first-order chi connectivity index (χ1) is 11.9. The van der Waals surface area contributed by atoms with Crippen LogP contribution in [0.3, 0.4) is 0 Å². The van der Waals surface area contributed by atoms with Crippen molar-refractivity contribution in [3.8, 4) is 0 Å². The van der Waals surface area contributed by atoms with E-state index >= 15 is 0 Å². The summed E-state index contributed by atoms with van der Waals surface area (Å²) in [6.07, 6.45) is 6.00. The molecule has 0 radical (unpaired) electrons. The van der Waals surface area contributed by atoms with Gasteiger partial charge in [0.2, 0.25) is 0 Å². The number of nitrogens with zero attached hydrogens (tertiary/aromatic N) is 1. The summed E-state index contributed by atoms with van der Waals surface area (Å²) in [4.78, 5) is 25.9. The summed E-state index contributed by atoms with van der Waals surface area (Å²) < 4.78 is 0.303. The van der Waals surface area contributed by atoms with Gasteiger partial charge in [0.1, 0.15) is 10.4 Å². The molecule has 1 aliphatic heterocycles. The fraction of sp³-hybridized carbons (Fsp3) is 0.278. The largest absolute Gasteiger partial charge is 0.480 e. The first-order valence-corrected chi connectivity index (χ1v) is 10.3. The summed E-state index contributed by atoms with van der Waals surface area (Å²) in [7, 11) is 0. The summed E-state index contributed by atoms with van der Waals surface area (Å²) in [5.41, 5.74) is 1.94. The molecule has 1 N–H and O–H groups in total. The van der Waals surface area contributed by atoms with Crippen molar-refractivity contribution in [1.82, 2.24) is 4.90 Å². The minimum Gasteiger partial charge on any atom is -0.480 e. The highest BCUT2D eigenvalue weighted by atomic mass is 32.2. The molecular weight excluding hydrogens is 374 g/mol. The van der Waals surface area contributed by atoms with Gasteiger partial charge >= 0.3 is 5.97 Å². The zero-order valence-corrected chi connectivity index (χ0v) is 16.4. The number of thiocarbonyl (C=S) groups is 1. The lowest BCUT2D eigenvalue weighted by Crippen LogP contribution is -2.44. The summed E-state index contributed by atoms with van der Waals surface area (Å²) in [6.45, 7) is 1.90. The quantitative estimate of drug-likeness (QED) is 0.557. The summed E-state index contributed by atoms with van der Waals surface area (Å²) in [5.74, 6) is -0.701. The van der Waals surface area contributed by atoms with Crippen molar-refractivity contribution in [1.29, 1.82) is 0 Å². The highest BCUT2D eigenvalue weighted by Gasteiger charge is 2.40. The van der Waals surface area contributed by atoms with E-state index in [9.17, 15) is 14.7 Å². The van der Waals surface area contributed by atoms with Crippen molar-refractivity contribution in [2.45, 2.75) is 19.4 Å². The molecule has 1 aromatic rings. The number of hydrogen-bond donors (Lipinski definition) is 1. The number of carbonyl (C=O) groups is 2. The van der Waals surface area contributed by atoms with Crippen LogP contribution < -0.4 is 0 Å². The number of carboxylic acid groups (broad SMARTS) is 1. The Morgan fingerprint density at radius 3 is 2.68 bits per heavy atom. The van der Waals surface area contributed by atoms with Crippen molar-refractivity contribution in [2.24, 2.45) is 0 Å². The van der Waals surface area contributed by atoms with Crippen LogP contribution in [-0.4, -0.2) is 44.3 Å². The van der Waals surface area contributed by atoms with Gasteiger partial charge in [-0.3, -0.25) is 9.69 Å². The Hall–Kier alpha value is -1.57. The van der Waals surface area contributed by atoms with Crippen LogP contribution in [0, 0.1) is 0 Å². The highest BCUT2D eigenvalue weighted by Crippen LogP contribution is 2.34. The Kier molecular flexibility index (Phi) is 7.28. The molecule has 1 aliphatic rings. The Morgan fingerprint density at radius 1 is 1.40 bits per heavy atom. The maximum atomic E-state index is 12.7. The van der Waals surface area contributed by atoms with Crippen LogP contribution in [0.25, 0.3) is 6.08 Å². The predicted molar refractivity (Wildman–Crippen MR) is 110 cm³/mol. The minimum atomic E-state index is -1.02. The molecule has 1 fully saturated rings. The third-order valence-electron chi connectivity index (χ3n) is 3.57. The van der Waals surface area contributed by atoms with Crippen LogP contribution in [-0.2, 0) is 9.59 Å². The van der Waals surface area contributed by atoms with E-state index in [0.29, 0.717) is 21.4 Å². The molecule has 0 spiro atoms. The van der Waals surface area contributed by atoms with Gasteiger partial charge in [-0.05, 0) is 42.6 Å². The van der Waals surface area contributed by atoms with E-state index in [-0.39, 0.29) is 5.91 Å². The van der Waals surface area contributed by atoms with Gasteiger partial charge < -0.3 is 5.11 Å². The molecule has 0 aliphatic carbocycles. The number of benzene rings is 1. The van der Waals surface area contributed by atoms with E-state index in [4.69, 9.17) is 12.2 Å². The fourth-order valence-electron chi connectivity index (χ4n) is 2.40. The average molecular weight is 394 g/mol. The monoisotopic (exact) mass is 393 g/mol. The molecule has 0 bridgehead atoms. The first kappa shape index (κ1) is 19.8. The minimum absolute atomic E-state index is 0.303. The van der Waals surface area contributed by atoms with Crippen LogP contribution in [0.5, 0.6) is 0 Å². The molecule has 7 heteroatoms. The van der Waals surface area contributed by atoms with E-state index in [1.165, 1.54) is 4.90 Å². The number of amides is 1. The molecular formula is C18H19NO3S3.